The first-order valence-corrected chi connectivity index (χ1v) is 12.2. The number of hydrogen-bond donors (Lipinski definition) is 2. The number of allylic oxidation sites excluding steroid dienone is 5. The molecule has 2 radical (unpaired) electrons. The summed E-state index contributed by atoms with van der Waals surface area (Å²) in [4.78, 5) is 3.44. The molecule has 11 heteroatoms. The number of rotatable bonds is 6. The van der Waals surface area contributed by atoms with Crippen molar-refractivity contribution in [2.75, 3.05) is 11.9 Å². The van der Waals surface area contributed by atoms with E-state index in [1.54, 1.807) is 42.3 Å². The first kappa shape index (κ1) is 33.1. The van der Waals surface area contributed by atoms with Crippen LogP contribution in [-0.2, 0) is 6.18 Å². The Morgan fingerprint density at radius 2 is 1.77 bits per heavy atom. The molecule has 0 aromatic carbocycles. The summed E-state index contributed by atoms with van der Waals surface area (Å²) in [6, 6.07) is 1.91. The van der Waals surface area contributed by atoms with E-state index in [0.29, 0.717) is 35.5 Å². The van der Waals surface area contributed by atoms with Gasteiger partial charge in [-0.3, -0.25) is 0 Å². The minimum Gasteiger partial charge on any atom is -0.387 e. The zero-order chi connectivity index (χ0) is 27.4. The van der Waals surface area contributed by atoms with Crippen molar-refractivity contribution < 1.29 is 26.3 Å². The third-order valence-electron chi connectivity index (χ3n) is 4.79. The van der Waals surface area contributed by atoms with E-state index in [0.717, 1.165) is 24.8 Å². The number of halogens is 7. The van der Waals surface area contributed by atoms with Gasteiger partial charge in [0.2, 0.25) is 0 Å². The summed E-state index contributed by atoms with van der Waals surface area (Å²) in [6.45, 7) is 15.2. The molecule has 2 heterocycles. The Kier molecular flexibility index (Phi) is 14.4. The van der Waals surface area contributed by atoms with E-state index in [2.05, 4.69) is 34.5 Å². The summed E-state index contributed by atoms with van der Waals surface area (Å²) >= 11 is 1.65. The molecule has 0 bridgehead atoms. The number of alkyl halides is 6. The Morgan fingerprint density at radius 1 is 1.17 bits per heavy atom. The maximum atomic E-state index is 12.9. The van der Waals surface area contributed by atoms with Crippen molar-refractivity contribution in [3.63, 3.8) is 0 Å². The predicted octanol–water partition coefficient (Wildman–Crippen LogP) is 7.94. The summed E-state index contributed by atoms with van der Waals surface area (Å²) in [6.07, 6.45) is -3.78. The molecule has 3 nitrogen and oxygen atoms in total. The fraction of sp³-hybridized carbons (Fsp3) is 0.458. The molecule has 0 spiro atoms. The molecule has 1 atom stereocenters. The van der Waals surface area contributed by atoms with Gasteiger partial charge in [-0.1, -0.05) is 40.9 Å². The van der Waals surface area contributed by atoms with Crippen LogP contribution in [0.4, 0.5) is 32.0 Å². The zero-order valence-corrected chi connectivity index (χ0v) is 22.4. The van der Waals surface area contributed by atoms with Gasteiger partial charge in [0, 0.05) is 17.8 Å². The smallest absolute Gasteiger partial charge is 0.387 e. The normalized spacial score (nSPS) is 17.4. The molecular formula is C24H31BF6IN3. The van der Waals surface area contributed by atoms with E-state index in [1.807, 2.05) is 13.8 Å². The van der Waals surface area contributed by atoms with Crippen LogP contribution in [0.15, 0.2) is 66.1 Å². The second-order valence-electron chi connectivity index (χ2n) is 7.60. The fourth-order valence-electron chi connectivity index (χ4n) is 3.14. The van der Waals surface area contributed by atoms with Gasteiger partial charge in [0.1, 0.15) is 5.69 Å². The van der Waals surface area contributed by atoms with Gasteiger partial charge < -0.3 is 10.6 Å². The Bertz CT molecular complexity index is 875. The van der Waals surface area contributed by atoms with E-state index >= 15 is 0 Å². The van der Waals surface area contributed by atoms with E-state index in [1.165, 1.54) is 6.07 Å². The molecule has 0 amide bonds. The van der Waals surface area contributed by atoms with Crippen LogP contribution in [0, 0.1) is 5.92 Å². The van der Waals surface area contributed by atoms with Gasteiger partial charge in [-0.25, -0.2) is 4.98 Å². The average molecular weight is 613 g/mol. The van der Waals surface area contributed by atoms with Crippen LogP contribution in [0.1, 0.15) is 46.2 Å². The van der Waals surface area contributed by atoms with Crippen molar-refractivity contribution in [2.45, 2.75) is 58.9 Å². The average Bonchev–Trinajstić information content (AvgIpc) is 2.80. The highest BCUT2D eigenvalue weighted by atomic mass is 127. The number of nitrogens with zero attached hydrogens (tertiary/aromatic N) is 1. The quantitative estimate of drug-likeness (QED) is 0.148. The van der Waals surface area contributed by atoms with Crippen LogP contribution in [-0.4, -0.2) is 29.4 Å². The highest BCUT2D eigenvalue weighted by Gasteiger charge is 2.32. The van der Waals surface area contributed by atoms with Gasteiger partial charge in [0.15, 0.2) is 5.70 Å². The number of nitrogens with one attached hydrogen (secondary N) is 2. The lowest BCUT2D eigenvalue weighted by Gasteiger charge is -2.29. The SMILES string of the molecule is C=C(/C=C1\NCCCC1Nc1ccc(C(F)(F)F)nc1)/C(=C/C(=C)C(F)(F)F)C(C)C.CC.[B]I. The molecular weight excluding hydrogens is 582 g/mol. The largest absolute Gasteiger partial charge is 0.433 e. The van der Waals surface area contributed by atoms with E-state index in [9.17, 15) is 26.3 Å². The summed E-state index contributed by atoms with van der Waals surface area (Å²) in [7, 11) is 0. The summed E-state index contributed by atoms with van der Waals surface area (Å²) < 4.78 is 76.8. The van der Waals surface area contributed by atoms with Crippen molar-refractivity contribution in [2.24, 2.45) is 5.92 Å². The molecule has 194 valence electrons. The van der Waals surface area contributed by atoms with Gasteiger partial charge in [-0.05, 0) is 54.2 Å². The molecule has 0 aliphatic carbocycles. The number of piperidine rings is 1. The van der Waals surface area contributed by atoms with Crippen LogP contribution in [0.3, 0.4) is 0 Å². The fourth-order valence-corrected chi connectivity index (χ4v) is 3.14. The van der Waals surface area contributed by atoms with E-state index in [4.69, 9.17) is 0 Å². The zero-order valence-electron chi connectivity index (χ0n) is 20.2. The Morgan fingerprint density at radius 3 is 2.23 bits per heavy atom. The van der Waals surface area contributed by atoms with Crippen molar-refractivity contribution in [1.29, 1.82) is 0 Å². The third kappa shape index (κ3) is 11.1. The topological polar surface area (TPSA) is 37.0 Å². The molecule has 1 aromatic rings. The highest BCUT2D eigenvalue weighted by molar-refractivity contribution is 14.1. The van der Waals surface area contributed by atoms with E-state index in [-0.39, 0.29) is 12.0 Å². The molecule has 1 aromatic heterocycles. The monoisotopic (exact) mass is 613 g/mol. The van der Waals surface area contributed by atoms with Crippen LogP contribution < -0.4 is 10.6 Å². The van der Waals surface area contributed by atoms with Crippen molar-refractivity contribution >= 4 is 33.8 Å². The first-order valence-electron chi connectivity index (χ1n) is 10.9. The molecule has 2 rings (SSSR count). The maximum Gasteiger partial charge on any atom is 0.433 e. The van der Waals surface area contributed by atoms with Crippen molar-refractivity contribution in [3.05, 3.63) is 71.7 Å². The van der Waals surface area contributed by atoms with Gasteiger partial charge in [-0.2, -0.15) is 48.7 Å². The lowest BCUT2D eigenvalue weighted by atomic mass is 9.91. The van der Waals surface area contributed by atoms with Crippen LogP contribution >= 0.6 is 22.4 Å². The molecule has 0 saturated carbocycles. The number of aromatic nitrogens is 1. The van der Waals surface area contributed by atoms with Gasteiger partial charge >= 0.3 is 12.4 Å². The molecule has 1 unspecified atom stereocenters. The minimum atomic E-state index is -4.53. The standard InChI is InChI=1S/C22H25F6N3.C2H6.BI/c1-13(2)17(11-15(4)21(23,24)25)14(3)10-19-18(6-5-9-29-19)31-16-7-8-20(30-12-16)22(26,27)28;2*1-2/h7-8,10-13,18,29,31H,3-6,9H2,1-2H3;1-2H3;/b17-11+,19-10-;;. The van der Waals surface area contributed by atoms with Crippen molar-refractivity contribution in [1.82, 2.24) is 10.3 Å². The lowest BCUT2D eigenvalue weighted by Crippen LogP contribution is -2.36. The second-order valence-corrected chi connectivity index (χ2v) is 7.60. The number of hydrogen-bond acceptors (Lipinski definition) is 3. The number of anilines is 1. The Hall–Kier alpha value is -1.92. The van der Waals surface area contributed by atoms with E-state index < -0.39 is 23.6 Å². The highest BCUT2D eigenvalue weighted by Crippen LogP contribution is 2.31. The maximum absolute atomic E-state index is 12.9. The first-order chi connectivity index (χ1) is 16.3. The van der Waals surface area contributed by atoms with Gasteiger partial charge in [0.25, 0.3) is 0 Å². The number of pyridine rings is 1. The molecule has 1 aliphatic heterocycles. The van der Waals surface area contributed by atoms with Gasteiger partial charge in [0.05, 0.1) is 17.9 Å². The summed E-state index contributed by atoms with van der Waals surface area (Å²) in [5.74, 6) is -0.224. The van der Waals surface area contributed by atoms with Crippen LogP contribution in [0.2, 0.25) is 0 Å². The lowest BCUT2D eigenvalue weighted by molar-refractivity contribution is -0.141. The molecule has 35 heavy (non-hydrogen) atoms. The minimum absolute atomic E-state index is 0.224. The molecule has 1 saturated heterocycles. The van der Waals surface area contributed by atoms with Crippen molar-refractivity contribution in [3.8, 4) is 0 Å². The van der Waals surface area contributed by atoms with Crippen LogP contribution in [0.5, 0.6) is 0 Å². The Labute approximate surface area is 218 Å². The summed E-state index contributed by atoms with van der Waals surface area (Å²) in [5, 5.41) is 6.33. The predicted molar refractivity (Wildman–Crippen MR) is 140 cm³/mol. The third-order valence-corrected chi connectivity index (χ3v) is 4.79. The molecule has 1 aliphatic rings. The van der Waals surface area contributed by atoms with Gasteiger partial charge in [-0.15, -0.1) is 0 Å². The molecule has 1 fully saturated rings. The van der Waals surface area contributed by atoms with Crippen LogP contribution in [0.25, 0.3) is 0 Å². The summed E-state index contributed by atoms with van der Waals surface area (Å²) in [5.41, 5.74) is 4.43. The second kappa shape index (κ2) is 15.3. The Balaban J connectivity index is 0.00000274. The molecule has 2 N–H and O–H groups in total.